The van der Waals surface area contributed by atoms with Crippen LogP contribution in [0.15, 0.2) is 53.7 Å². The van der Waals surface area contributed by atoms with E-state index >= 15 is 0 Å². The van der Waals surface area contributed by atoms with Gasteiger partial charge in [-0.2, -0.15) is 0 Å². The highest BCUT2D eigenvalue weighted by atomic mass is 19.1. The Hall–Kier alpha value is -2.43. The van der Waals surface area contributed by atoms with E-state index < -0.39 is 0 Å². The normalized spacial score (nSPS) is 25.8. The number of fused-ring (bicyclic) bond motifs is 2. The van der Waals surface area contributed by atoms with E-state index in [0.717, 1.165) is 24.8 Å². The molecule has 4 unspecified atom stereocenters. The predicted octanol–water partition coefficient (Wildman–Crippen LogP) is 5.06. The molecule has 1 aromatic rings. The molecule has 0 N–H and O–H groups in total. The SMILES string of the molecule is COC(=O)CCC/C=C\CC1C2C=CC(C2)C1C=NOCc1ccc(F)cc1. The number of esters is 1. The molecule has 2 aliphatic rings. The van der Waals surface area contributed by atoms with Crippen molar-refractivity contribution in [1.29, 1.82) is 0 Å². The van der Waals surface area contributed by atoms with Crippen LogP contribution >= 0.6 is 0 Å². The van der Waals surface area contributed by atoms with Crippen LogP contribution in [0.1, 0.15) is 37.7 Å². The summed E-state index contributed by atoms with van der Waals surface area (Å²) in [5.74, 6) is 1.69. The largest absolute Gasteiger partial charge is 0.469 e. The summed E-state index contributed by atoms with van der Waals surface area (Å²) in [6.45, 7) is 0.345. The molecule has 28 heavy (non-hydrogen) atoms. The van der Waals surface area contributed by atoms with Crippen LogP contribution in [0, 0.1) is 29.5 Å². The number of nitrogens with zero attached hydrogens (tertiary/aromatic N) is 1. The molecule has 0 spiro atoms. The summed E-state index contributed by atoms with van der Waals surface area (Å²) in [5, 5.41) is 4.20. The van der Waals surface area contributed by atoms with Crippen LogP contribution in [0.2, 0.25) is 0 Å². The lowest BCUT2D eigenvalue weighted by Gasteiger charge is -2.23. The van der Waals surface area contributed by atoms with Crippen LogP contribution in [0.3, 0.4) is 0 Å². The van der Waals surface area contributed by atoms with Crippen molar-refractivity contribution in [3.05, 3.63) is 60.0 Å². The lowest BCUT2D eigenvalue weighted by molar-refractivity contribution is -0.140. The first-order chi connectivity index (χ1) is 13.7. The van der Waals surface area contributed by atoms with Gasteiger partial charge >= 0.3 is 5.97 Å². The zero-order valence-corrected chi connectivity index (χ0v) is 16.3. The summed E-state index contributed by atoms with van der Waals surface area (Å²) in [6.07, 6.45) is 15.4. The molecule has 4 nitrogen and oxygen atoms in total. The fraction of sp³-hybridized carbons (Fsp3) is 0.478. The number of hydrogen-bond donors (Lipinski definition) is 0. The molecule has 0 amide bonds. The Morgan fingerprint density at radius 1 is 1.21 bits per heavy atom. The van der Waals surface area contributed by atoms with Gasteiger partial charge in [-0.05, 0) is 61.1 Å². The van der Waals surface area contributed by atoms with Crippen LogP contribution in [0.25, 0.3) is 0 Å². The number of hydrogen-bond acceptors (Lipinski definition) is 4. The second-order valence-electron chi connectivity index (χ2n) is 7.52. The van der Waals surface area contributed by atoms with Crippen LogP contribution in [-0.2, 0) is 21.0 Å². The maximum atomic E-state index is 12.9. The van der Waals surface area contributed by atoms with Crippen LogP contribution in [0.4, 0.5) is 4.39 Å². The molecular weight excluding hydrogens is 357 g/mol. The predicted molar refractivity (Wildman–Crippen MR) is 107 cm³/mol. The second kappa shape index (κ2) is 10.2. The molecule has 5 heteroatoms. The van der Waals surface area contributed by atoms with Gasteiger partial charge in [-0.25, -0.2) is 4.39 Å². The van der Waals surface area contributed by atoms with E-state index in [4.69, 9.17) is 4.84 Å². The summed E-state index contributed by atoms with van der Waals surface area (Å²) < 4.78 is 17.6. The molecular formula is C23H28FNO3. The van der Waals surface area contributed by atoms with Crippen LogP contribution in [-0.4, -0.2) is 19.3 Å². The smallest absolute Gasteiger partial charge is 0.305 e. The van der Waals surface area contributed by atoms with Crippen molar-refractivity contribution in [2.24, 2.45) is 28.8 Å². The Bertz CT molecular complexity index is 726. The zero-order valence-electron chi connectivity index (χ0n) is 16.3. The van der Waals surface area contributed by atoms with Crippen molar-refractivity contribution in [3.63, 3.8) is 0 Å². The van der Waals surface area contributed by atoms with Crippen molar-refractivity contribution in [2.45, 2.75) is 38.7 Å². The first kappa shape index (κ1) is 20.3. The molecule has 0 aromatic heterocycles. The van der Waals surface area contributed by atoms with Gasteiger partial charge in [0.15, 0.2) is 0 Å². The van der Waals surface area contributed by atoms with Crippen molar-refractivity contribution < 1.29 is 18.8 Å². The number of halogens is 1. The summed E-state index contributed by atoms with van der Waals surface area (Å²) in [4.78, 5) is 16.5. The summed E-state index contributed by atoms with van der Waals surface area (Å²) in [6, 6.07) is 6.27. The molecule has 0 aliphatic heterocycles. The van der Waals surface area contributed by atoms with Gasteiger partial charge in [0, 0.05) is 18.6 Å². The van der Waals surface area contributed by atoms with E-state index in [1.165, 1.54) is 25.7 Å². The van der Waals surface area contributed by atoms with Gasteiger partial charge in [0.05, 0.1) is 7.11 Å². The van der Waals surface area contributed by atoms with E-state index in [0.29, 0.717) is 36.7 Å². The molecule has 1 aromatic carbocycles. The standard InChI is InChI=1S/C23H28FNO3/c1-27-23(26)7-5-3-2-4-6-21-18-10-11-19(14-18)22(21)15-25-28-16-17-8-12-20(24)13-9-17/h2,4,8-13,15,18-19,21-22H,3,5-7,14,16H2,1H3/b4-2-,25-15?. The Morgan fingerprint density at radius 2 is 2.00 bits per heavy atom. The minimum atomic E-state index is -0.248. The number of methoxy groups -OCH3 is 1. The fourth-order valence-corrected chi connectivity index (χ4v) is 4.16. The molecule has 0 heterocycles. The Labute approximate surface area is 166 Å². The first-order valence-corrected chi connectivity index (χ1v) is 9.97. The highest BCUT2D eigenvalue weighted by Gasteiger charge is 2.42. The quantitative estimate of drug-likeness (QED) is 0.186. The third-order valence-electron chi connectivity index (χ3n) is 5.69. The van der Waals surface area contributed by atoms with Gasteiger partial charge in [0.25, 0.3) is 0 Å². The molecule has 0 radical (unpaired) electrons. The lowest BCUT2D eigenvalue weighted by Crippen LogP contribution is -2.20. The van der Waals surface area contributed by atoms with E-state index in [1.807, 2.05) is 6.21 Å². The van der Waals surface area contributed by atoms with Gasteiger partial charge < -0.3 is 9.57 Å². The number of carbonyl (C=O) groups is 1. The molecule has 4 atom stereocenters. The summed E-state index contributed by atoms with van der Waals surface area (Å²) >= 11 is 0. The molecule has 3 rings (SSSR count). The monoisotopic (exact) mass is 385 g/mol. The third-order valence-corrected chi connectivity index (χ3v) is 5.69. The number of ether oxygens (including phenoxy) is 1. The lowest BCUT2D eigenvalue weighted by atomic mass is 9.81. The molecule has 0 saturated heterocycles. The number of oxime groups is 1. The van der Waals surface area contributed by atoms with Crippen LogP contribution < -0.4 is 0 Å². The van der Waals surface area contributed by atoms with Crippen molar-refractivity contribution in [3.8, 4) is 0 Å². The number of carbonyl (C=O) groups excluding carboxylic acids is 1. The van der Waals surface area contributed by atoms with Gasteiger partial charge in [0.2, 0.25) is 0 Å². The Balaban J connectivity index is 1.44. The van der Waals surface area contributed by atoms with E-state index in [-0.39, 0.29) is 11.8 Å². The second-order valence-corrected chi connectivity index (χ2v) is 7.52. The summed E-state index contributed by atoms with van der Waals surface area (Å²) in [5.41, 5.74) is 0.901. The number of rotatable bonds is 10. The van der Waals surface area contributed by atoms with Crippen molar-refractivity contribution >= 4 is 12.2 Å². The maximum absolute atomic E-state index is 12.9. The molecule has 1 saturated carbocycles. The minimum Gasteiger partial charge on any atom is -0.469 e. The number of benzene rings is 1. The van der Waals surface area contributed by atoms with Crippen molar-refractivity contribution in [2.75, 3.05) is 7.11 Å². The highest BCUT2D eigenvalue weighted by molar-refractivity contribution is 5.69. The average Bonchev–Trinajstić information content (AvgIpc) is 3.31. The summed E-state index contributed by atoms with van der Waals surface area (Å²) in [7, 11) is 1.42. The number of allylic oxidation sites excluding steroid dienone is 4. The van der Waals surface area contributed by atoms with E-state index in [1.54, 1.807) is 12.1 Å². The fourth-order valence-electron chi connectivity index (χ4n) is 4.16. The average molecular weight is 385 g/mol. The van der Waals surface area contributed by atoms with Gasteiger partial charge in [0.1, 0.15) is 12.4 Å². The van der Waals surface area contributed by atoms with E-state index in [9.17, 15) is 9.18 Å². The highest BCUT2D eigenvalue weighted by Crippen LogP contribution is 2.48. The first-order valence-electron chi connectivity index (χ1n) is 9.97. The maximum Gasteiger partial charge on any atom is 0.305 e. The Morgan fingerprint density at radius 3 is 2.79 bits per heavy atom. The zero-order chi connectivity index (χ0) is 19.8. The molecule has 2 bridgehead atoms. The third kappa shape index (κ3) is 5.54. The molecule has 2 aliphatic carbocycles. The van der Waals surface area contributed by atoms with Gasteiger partial charge in [-0.1, -0.05) is 41.6 Å². The van der Waals surface area contributed by atoms with Gasteiger partial charge in [-0.3, -0.25) is 4.79 Å². The van der Waals surface area contributed by atoms with Crippen LogP contribution in [0.5, 0.6) is 0 Å². The molecule has 1 fully saturated rings. The topological polar surface area (TPSA) is 47.9 Å². The molecule has 150 valence electrons. The minimum absolute atomic E-state index is 0.149. The van der Waals surface area contributed by atoms with Gasteiger partial charge in [-0.15, -0.1) is 0 Å². The Kier molecular flexibility index (Phi) is 7.40. The van der Waals surface area contributed by atoms with E-state index in [2.05, 4.69) is 34.2 Å². The van der Waals surface area contributed by atoms with Crippen molar-refractivity contribution in [1.82, 2.24) is 0 Å². The number of unbranched alkanes of at least 4 members (excludes halogenated alkanes) is 1.